The van der Waals surface area contributed by atoms with Crippen molar-refractivity contribution in [1.29, 1.82) is 0 Å². The number of non-ortho nitro benzene ring substituents is 1. The van der Waals surface area contributed by atoms with E-state index < -0.39 is 52.2 Å². The minimum Gasteiger partial charge on any atom is -0.480 e. The molecule has 1 aromatic heterocycles. The van der Waals surface area contributed by atoms with Gasteiger partial charge in [0.2, 0.25) is 11.8 Å². The maximum absolute atomic E-state index is 13.6. The molecule has 12 nitrogen and oxygen atoms in total. The Bertz CT molecular complexity index is 1240. The number of anilines is 1. The third-order valence-corrected chi connectivity index (χ3v) is 7.60. The van der Waals surface area contributed by atoms with E-state index in [1.807, 2.05) is 0 Å². The lowest BCUT2D eigenvalue weighted by molar-refractivity contribution is -0.384. The van der Waals surface area contributed by atoms with Crippen molar-refractivity contribution in [3.05, 3.63) is 55.7 Å². The van der Waals surface area contributed by atoms with E-state index in [1.165, 1.54) is 18.2 Å². The number of fused-ring (bicyclic) bond motifs is 1. The molecule has 4 amide bonds. The summed E-state index contributed by atoms with van der Waals surface area (Å²) in [6.45, 7) is 0.0651. The van der Waals surface area contributed by atoms with Crippen molar-refractivity contribution in [2.24, 2.45) is 17.6 Å². The van der Waals surface area contributed by atoms with Gasteiger partial charge < -0.3 is 16.2 Å². The Morgan fingerprint density at radius 1 is 1.29 bits per heavy atom. The first-order valence-corrected chi connectivity index (χ1v) is 11.7. The zero-order valence-corrected chi connectivity index (χ0v) is 19.5. The second kappa shape index (κ2) is 9.24. The molecule has 4 rings (SSSR count). The van der Waals surface area contributed by atoms with Gasteiger partial charge in [-0.15, -0.1) is 11.3 Å². The van der Waals surface area contributed by atoms with Crippen molar-refractivity contribution in [2.45, 2.75) is 24.4 Å². The Labute approximate surface area is 207 Å². The summed E-state index contributed by atoms with van der Waals surface area (Å²) in [6, 6.07) is 6.70. The van der Waals surface area contributed by atoms with Crippen LogP contribution >= 0.6 is 22.9 Å². The molecule has 0 bridgehead atoms. The first-order valence-electron chi connectivity index (χ1n) is 10.5. The van der Waals surface area contributed by atoms with E-state index >= 15 is 0 Å². The van der Waals surface area contributed by atoms with Gasteiger partial charge in [0.15, 0.2) is 0 Å². The molecule has 4 unspecified atom stereocenters. The number of thiophene rings is 1. The first-order chi connectivity index (χ1) is 16.6. The smallest absolute Gasteiger partial charge is 0.324 e. The quantitative estimate of drug-likeness (QED) is 0.176. The van der Waals surface area contributed by atoms with Crippen LogP contribution in [0.25, 0.3) is 0 Å². The number of nitrogens with zero attached hydrogens (tertiary/aromatic N) is 2. The number of halogens is 1. The van der Waals surface area contributed by atoms with Gasteiger partial charge in [0.25, 0.3) is 5.69 Å². The number of nitro benzene ring substituents is 1. The lowest BCUT2D eigenvalue weighted by atomic mass is 9.77. The molecule has 0 saturated carbocycles. The molecule has 2 saturated heterocycles. The van der Waals surface area contributed by atoms with Crippen molar-refractivity contribution in [1.82, 2.24) is 10.6 Å². The highest BCUT2D eigenvalue weighted by atomic mass is 35.5. The minimum absolute atomic E-state index is 0.0127. The van der Waals surface area contributed by atoms with Crippen LogP contribution in [0.2, 0.25) is 4.34 Å². The van der Waals surface area contributed by atoms with Gasteiger partial charge in [-0.2, -0.15) is 0 Å². The monoisotopic (exact) mass is 521 g/mol. The molecule has 0 radical (unpaired) electrons. The molecule has 0 aliphatic carbocycles. The highest BCUT2D eigenvalue weighted by Crippen LogP contribution is 2.52. The van der Waals surface area contributed by atoms with E-state index in [4.69, 9.17) is 17.3 Å². The number of nitro groups is 1. The van der Waals surface area contributed by atoms with Gasteiger partial charge in [0.1, 0.15) is 5.54 Å². The van der Waals surface area contributed by atoms with E-state index in [2.05, 4.69) is 10.6 Å². The first kappa shape index (κ1) is 24.6. The van der Waals surface area contributed by atoms with E-state index in [1.54, 1.807) is 12.1 Å². The van der Waals surface area contributed by atoms with Crippen molar-refractivity contribution in [3.8, 4) is 0 Å². The summed E-state index contributed by atoms with van der Waals surface area (Å²) in [5.41, 5.74) is 2.90. The van der Waals surface area contributed by atoms with Crippen LogP contribution in [0.5, 0.6) is 0 Å². The number of nitrogens with two attached hydrogens (primary N) is 1. The molecule has 4 atom stereocenters. The fourth-order valence-corrected chi connectivity index (χ4v) is 6.01. The normalized spacial score (nSPS) is 25.5. The molecule has 0 spiro atoms. The topological polar surface area (TPSA) is 185 Å². The average molecular weight is 522 g/mol. The zero-order chi connectivity index (χ0) is 25.5. The Balaban J connectivity index is 1.78. The number of benzene rings is 1. The highest BCUT2D eigenvalue weighted by molar-refractivity contribution is 7.16. The van der Waals surface area contributed by atoms with E-state index in [0.717, 1.165) is 22.3 Å². The number of hydrogen-bond acceptors (Lipinski definition) is 8. The molecule has 5 N–H and O–H groups in total. The van der Waals surface area contributed by atoms with Crippen LogP contribution in [0.15, 0.2) is 36.4 Å². The van der Waals surface area contributed by atoms with Crippen molar-refractivity contribution >= 4 is 58.1 Å². The number of urea groups is 1. The van der Waals surface area contributed by atoms with Crippen LogP contribution in [0.3, 0.4) is 0 Å². The SMILES string of the molecule is NC(=O)NCCCC1(C(=O)O)NC(c2ccc(Cl)s2)C2C(=O)N(c3cccc([N+](=O)[O-])c3)C(=O)C21. The van der Waals surface area contributed by atoms with Crippen molar-refractivity contribution < 1.29 is 29.2 Å². The molecule has 2 aliphatic heterocycles. The highest BCUT2D eigenvalue weighted by Gasteiger charge is 2.68. The van der Waals surface area contributed by atoms with Gasteiger partial charge in [0, 0.05) is 23.6 Å². The summed E-state index contributed by atoms with van der Waals surface area (Å²) >= 11 is 7.23. The fraction of sp³-hybridized carbons (Fsp3) is 0.333. The molecule has 3 heterocycles. The molecule has 2 aliphatic rings. The summed E-state index contributed by atoms with van der Waals surface area (Å²) in [6.07, 6.45) is 0.0584. The molecule has 14 heteroatoms. The largest absolute Gasteiger partial charge is 0.480 e. The number of carboxylic acid groups (broad SMARTS) is 1. The lowest BCUT2D eigenvalue weighted by Gasteiger charge is -2.31. The van der Waals surface area contributed by atoms with Crippen LogP contribution < -0.4 is 21.3 Å². The molecular weight excluding hydrogens is 502 g/mol. The van der Waals surface area contributed by atoms with E-state index in [9.17, 15) is 34.4 Å². The summed E-state index contributed by atoms with van der Waals surface area (Å²) < 4.78 is 0.421. The number of aliphatic carboxylic acids is 1. The van der Waals surface area contributed by atoms with Gasteiger partial charge in [-0.3, -0.25) is 29.8 Å². The summed E-state index contributed by atoms with van der Waals surface area (Å²) in [7, 11) is 0. The number of rotatable bonds is 8. The fourth-order valence-electron chi connectivity index (χ4n) is 4.85. The Kier molecular flexibility index (Phi) is 6.49. The maximum atomic E-state index is 13.6. The Hall–Kier alpha value is -3.55. The average Bonchev–Trinajstić information content (AvgIpc) is 3.45. The predicted octanol–water partition coefficient (Wildman–Crippen LogP) is 2.03. The number of carbonyl (C=O) groups is 4. The zero-order valence-electron chi connectivity index (χ0n) is 18.0. The summed E-state index contributed by atoms with van der Waals surface area (Å²) in [5.74, 6) is -5.16. The van der Waals surface area contributed by atoms with Crippen LogP contribution in [-0.4, -0.2) is 45.9 Å². The van der Waals surface area contributed by atoms with Gasteiger partial charge >= 0.3 is 12.0 Å². The maximum Gasteiger partial charge on any atom is 0.324 e. The minimum atomic E-state index is -1.84. The Morgan fingerprint density at radius 3 is 2.63 bits per heavy atom. The van der Waals surface area contributed by atoms with Crippen LogP contribution in [0.4, 0.5) is 16.2 Å². The number of amides is 4. The van der Waals surface area contributed by atoms with Crippen LogP contribution in [0, 0.1) is 22.0 Å². The number of nitrogens with one attached hydrogen (secondary N) is 2. The molecule has 2 fully saturated rings. The molecular formula is C21H20ClN5O7S. The molecule has 35 heavy (non-hydrogen) atoms. The van der Waals surface area contributed by atoms with Crippen molar-refractivity contribution in [3.63, 3.8) is 0 Å². The molecule has 184 valence electrons. The Morgan fingerprint density at radius 2 is 2.03 bits per heavy atom. The number of carboxylic acids is 1. The van der Waals surface area contributed by atoms with E-state index in [-0.39, 0.29) is 30.8 Å². The standard InChI is InChI=1S/C21H20ClN5O7S/c22-13-6-5-12(35-13)16-14-15(21(25-16,19(30)31)7-2-8-24-20(23)32)18(29)26(17(14)28)10-3-1-4-11(9-10)27(33)34/h1,3-6,9,14-16,25H,2,7-8H2,(H,30,31)(H3,23,24,32). The second-order valence-electron chi connectivity index (χ2n) is 8.23. The van der Waals surface area contributed by atoms with Gasteiger partial charge in [-0.1, -0.05) is 17.7 Å². The third-order valence-electron chi connectivity index (χ3n) is 6.28. The lowest BCUT2D eigenvalue weighted by Crippen LogP contribution is -2.56. The summed E-state index contributed by atoms with van der Waals surface area (Å²) in [5, 5.41) is 26.9. The van der Waals surface area contributed by atoms with Crippen molar-refractivity contribution in [2.75, 3.05) is 11.4 Å². The molecule has 2 aromatic rings. The van der Waals surface area contributed by atoms with Crippen LogP contribution in [0.1, 0.15) is 23.8 Å². The predicted molar refractivity (Wildman–Crippen MR) is 125 cm³/mol. The third kappa shape index (κ3) is 4.22. The number of hydrogen-bond donors (Lipinski definition) is 4. The van der Waals surface area contributed by atoms with Crippen LogP contribution in [-0.2, 0) is 14.4 Å². The van der Waals surface area contributed by atoms with Gasteiger partial charge in [0.05, 0.1) is 32.8 Å². The molecule has 1 aromatic carbocycles. The van der Waals surface area contributed by atoms with Gasteiger partial charge in [-0.05, 0) is 31.0 Å². The summed E-state index contributed by atoms with van der Waals surface area (Å²) in [4.78, 5) is 62.9. The number of imide groups is 1. The number of carbonyl (C=O) groups excluding carboxylic acids is 3. The van der Waals surface area contributed by atoms with E-state index in [0.29, 0.717) is 9.21 Å². The number of primary amides is 1. The second-order valence-corrected chi connectivity index (χ2v) is 9.97. The van der Waals surface area contributed by atoms with Gasteiger partial charge in [-0.25, -0.2) is 9.69 Å².